The van der Waals surface area contributed by atoms with Crippen LogP contribution in [0, 0.1) is 0 Å². The van der Waals surface area contributed by atoms with Crippen molar-refractivity contribution in [3.63, 3.8) is 0 Å². The lowest BCUT2D eigenvalue weighted by Gasteiger charge is -2.21. The average Bonchev–Trinajstić information content (AvgIpc) is 2.59. The SMILES string of the molecule is CN(C)C(=NCc1ccccc1)NCC(CO)c1ccccc1.I. The van der Waals surface area contributed by atoms with Crippen LogP contribution in [0.5, 0.6) is 0 Å². The van der Waals surface area contributed by atoms with E-state index in [1.165, 1.54) is 5.56 Å². The summed E-state index contributed by atoms with van der Waals surface area (Å²) in [6, 6.07) is 20.2. The van der Waals surface area contributed by atoms with E-state index >= 15 is 0 Å². The van der Waals surface area contributed by atoms with Gasteiger partial charge in [0.05, 0.1) is 13.2 Å². The van der Waals surface area contributed by atoms with Crippen LogP contribution in [0.4, 0.5) is 0 Å². The number of halogens is 1. The van der Waals surface area contributed by atoms with Crippen molar-refractivity contribution in [3.8, 4) is 0 Å². The molecule has 0 aliphatic rings. The summed E-state index contributed by atoms with van der Waals surface area (Å²) in [7, 11) is 3.93. The van der Waals surface area contributed by atoms with Gasteiger partial charge in [0.25, 0.3) is 0 Å². The van der Waals surface area contributed by atoms with Crippen LogP contribution in [0.15, 0.2) is 65.7 Å². The molecule has 2 aromatic carbocycles. The minimum Gasteiger partial charge on any atom is -0.396 e. The quantitative estimate of drug-likeness (QED) is 0.413. The van der Waals surface area contributed by atoms with Gasteiger partial charge < -0.3 is 15.3 Å². The normalized spacial score (nSPS) is 12.2. The fourth-order valence-corrected chi connectivity index (χ4v) is 2.33. The summed E-state index contributed by atoms with van der Waals surface area (Å²) in [5, 5.41) is 13.0. The summed E-state index contributed by atoms with van der Waals surface area (Å²) in [6.45, 7) is 1.39. The molecule has 0 aliphatic carbocycles. The standard InChI is InChI=1S/C19H25N3O.HI/c1-22(2)19(20-13-16-9-5-3-6-10-16)21-14-18(15-23)17-11-7-4-8-12-17;/h3-12,18,23H,13-15H2,1-2H3,(H,20,21);1H. The van der Waals surface area contributed by atoms with Crippen LogP contribution in [0.25, 0.3) is 0 Å². The molecule has 130 valence electrons. The first-order valence-electron chi connectivity index (χ1n) is 7.86. The predicted octanol–water partition coefficient (Wildman–Crippen LogP) is 3.09. The molecule has 4 nitrogen and oxygen atoms in total. The fraction of sp³-hybridized carbons (Fsp3) is 0.316. The van der Waals surface area contributed by atoms with Crippen LogP contribution < -0.4 is 5.32 Å². The van der Waals surface area contributed by atoms with Gasteiger partial charge in [-0.25, -0.2) is 4.99 Å². The number of aliphatic hydroxyl groups excluding tert-OH is 1. The van der Waals surface area contributed by atoms with Crippen molar-refractivity contribution in [2.75, 3.05) is 27.2 Å². The van der Waals surface area contributed by atoms with E-state index in [4.69, 9.17) is 0 Å². The number of rotatable bonds is 6. The Morgan fingerprint density at radius 3 is 2.17 bits per heavy atom. The van der Waals surface area contributed by atoms with E-state index < -0.39 is 0 Å². The maximum atomic E-state index is 9.65. The zero-order valence-electron chi connectivity index (χ0n) is 14.2. The van der Waals surface area contributed by atoms with E-state index in [9.17, 15) is 5.11 Å². The van der Waals surface area contributed by atoms with Crippen molar-refractivity contribution in [2.24, 2.45) is 4.99 Å². The Kier molecular flexibility index (Phi) is 9.41. The molecule has 0 spiro atoms. The van der Waals surface area contributed by atoms with Crippen LogP contribution in [-0.2, 0) is 6.54 Å². The Morgan fingerprint density at radius 1 is 1.04 bits per heavy atom. The molecular weight excluding hydrogens is 413 g/mol. The van der Waals surface area contributed by atoms with Crippen molar-refractivity contribution < 1.29 is 5.11 Å². The van der Waals surface area contributed by atoms with Crippen molar-refractivity contribution in [1.29, 1.82) is 0 Å². The topological polar surface area (TPSA) is 47.9 Å². The number of hydrogen-bond donors (Lipinski definition) is 2. The maximum Gasteiger partial charge on any atom is 0.193 e. The molecule has 2 rings (SSSR count). The highest BCUT2D eigenvalue weighted by atomic mass is 127. The van der Waals surface area contributed by atoms with Crippen LogP contribution >= 0.6 is 24.0 Å². The van der Waals surface area contributed by atoms with Crippen LogP contribution in [0.1, 0.15) is 17.0 Å². The first-order valence-corrected chi connectivity index (χ1v) is 7.86. The molecule has 2 N–H and O–H groups in total. The second-order valence-corrected chi connectivity index (χ2v) is 5.69. The highest BCUT2D eigenvalue weighted by molar-refractivity contribution is 14.0. The van der Waals surface area contributed by atoms with Gasteiger partial charge in [-0.3, -0.25) is 0 Å². The van der Waals surface area contributed by atoms with Gasteiger partial charge in [-0.05, 0) is 11.1 Å². The van der Waals surface area contributed by atoms with E-state index in [-0.39, 0.29) is 36.5 Å². The number of nitrogens with one attached hydrogen (secondary N) is 1. The van der Waals surface area contributed by atoms with Gasteiger partial charge in [0, 0.05) is 26.6 Å². The second-order valence-electron chi connectivity index (χ2n) is 5.69. The third-order valence-electron chi connectivity index (χ3n) is 3.68. The molecule has 1 unspecified atom stereocenters. The Balaban J connectivity index is 0.00000288. The lowest BCUT2D eigenvalue weighted by molar-refractivity contribution is 0.264. The molecule has 0 heterocycles. The lowest BCUT2D eigenvalue weighted by Crippen LogP contribution is -2.39. The Morgan fingerprint density at radius 2 is 1.62 bits per heavy atom. The third kappa shape index (κ3) is 6.49. The van der Waals surface area contributed by atoms with Crippen LogP contribution in [0.2, 0.25) is 0 Å². The van der Waals surface area contributed by atoms with Gasteiger partial charge >= 0.3 is 0 Å². The van der Waals surface area contributed by atoms with Gasteiger partial charge in [-0.2, -0.15) is 0 Å². The average molecular weight is 439 g/mol. The van der Waals surface area contributed by atoms with Gasteiger partial charge in [0.2, 0.25) is 0 Å². The van der Waals surface area contributed by atoms with Crippen LogP contribution in [0.3, 0.4) is 0 Å². The number of hydrogen-bond acceptors (Lipinski definition) is 2. The smallest absolute Gasteiger partial charge is 0.193 e. The van der Waals surface area contributed by atoms with Crippen molar-refractivity contribution in [1.82, 2.24) is 10.2 Å². The van der Waals surface area contributed by atoms with E-state index in [0.29, 0.717) is 13.1 Å². The zero-order chi connectivity index (χ0) is 16.5. The molecule has 0 amide bonds. The van der Waals surface area contributed by atoms with E-state index in [1.807, 2.05) is 67.5 Å². The molecule has 24 heavy (non-hydrogen) atoms. The lowest BCUT2D eigenvalue weighted by atomic mass is 10.0. The molecular formula is C19H26IN3O. The van der Waals surface area contributed by atoms with Gasteiger partial charge in [0.1, 0.15) is 0 Å². The third-order valence-corrected chi connectivity index (χ3v) is 3.68. The molecule has 2 aromatic rings. The van der Waals surface area contributed by atoms with E-state index in [2.05, 4.69) is 22.4 Å². The molecule has 0 saturated heterocycles. The highest BCUT2D eigenvalue weighted by Crippen LogP contribution is 2.13. The van der Waals surface area contributed by atoms with E-state index in [0.717, 1.165) is 11.5 Å². The Bertz CT molecular complexity index is 603. The van der Waals surface area contributed by atoms with Crippen molar-refractivity contribution in [3.05, 3.63) is 71.8 Å². The summed E-state index contributed by atoms with van der Waals surface area (Å²) >= 11 is 0. The Hall–Kier alpha value is -1.60. The van der Waals surface area contributed by atoms with Crippen LogP contribution in [-0.4, -0.2) is 43.2 Å². The molecule has 0 bridgehead atoms. The van der Waals surface area contributed by atoms with Crippen molar-refractivity contribution in [2.45, 2.75) is 12.5 Å². The van der Waals surface area contributed by atoms with Crippen molar-refractivity contribution >= 4 is 29.9 Å². The number of aliphatic imine (C=N–C) groups is 1. The zero-order valence-corrected chi connectivity index (χ0v) is 16.6. The fourth-order valence-electron chi connectivity index (χ4n) is 2.33. The number of guanidine groups is 1. The summed E-state index contributed by atoms with van der Waals surface area (Å²) in [5.74, 6) is 0.876. The largest absolute Gasteiger partial charge is 0.396 e. The van der Waals surface area contributed by atoms with Gasteiger partial charge in [-0.1, -0.05) is 60.7 Å². The maximum absolute atomic E-state index is 9.65. The Labute approximate surface area is 161 Å². The molecule has 0 saturated carbocycles. The summed E-state index contributed by atoms with van der Waals surface area (Å²) in [6.07, 6.45) is 0. The molecule has 1 atom stereocenters. The predicted molar refractivity (Wildman–Crippen MR) is 111 cm³/mol. The second kappa shape index (κ2) is 11.0. The van der Waals surface area contributed by atoms with Gasteiger partial charge in [-0.15, -0.1) is 24.0 Å². The molecule has 0 radical (unpaired) electrons. The number of benzene rings is 2. The molecule has 5 heteroatoms. The molecule has 0 aliphatic heterocycles. The highest BCUT2D eigenvalue weighted by Gasteiger charge is 2.11. The minimum absolute atomic E-state index is 0. The monoisotopic (exact) mass is 439 g/mol. The first-order chi connectivity index (χ1) is 11.2. The summed E-state index contributed by atoms with van der Waals surface area (Å²) in [4.78, 5) is 6.60. The summed E-state index contributed by atoms with van der Waals surface area (Å²) in [5.41, 5.74) is 2.30. The van der Waals surface area contributed by atoms with E-state index in [1.54, 1.807) is 0 Å². The minimum atomic E-state index is 0. The summed E-state index contributed by atoms with van der Waals surface area (Å²) < 4.78 is 0. The number of aliphatic hydroxyl groups is 1. The molecule has 0 fully saturated rings. The first kappa shape index (κ1) is 20.4. The molecule has 0 aromatic heterocycles. The van der Waals surface area contributed by atoms with Gasteiger partial charge in [0.15, 0.2) is 5.96 Å². The number of nitrogens with zero attached hydrogens (tertiary/aromatic N) is 2.